The number of thiazole rings is 1. The molecule has 7 heteroatoms. The minimum Gasteiger partial charge on any atom is -0.494 e. The van der Waals surface area contributed by atoms with Crippen LogP contribution in [0.15, 0.2) is 88.2 Å². The number of nitrogens with one attached hydrogen (secondary N) is 1. The second kappa shape index (κ2) is 8.42. The molecule has 3 aliphatic rings. The number of allylic oxidation sites excluding steroid dienone is 1. The predicted molar refractivity (Wildman–Crippen MR) is 144 cm³/mol. The van der Waals surface area contributed by atoms with E-state index in [0.717, 1.165) is 52.2 Å². The fourth-order valence-electron chi connectivity index (χ4n) is 5.63. The maximum Gasteiger partial charge on any atom is 0.271 e. The first-order valence-electron chi connectivity index (χ1n) is 12.4. The molecule has 0 spiro atoms. The maximum atomic E-state index is 14.1. The van der Waals surface area contributed by atoms with Crippen LogP contribution in [0.1, 0.15) is 41.6 Å². The maximum absolute atomic E-state index is 14.1. The zero-order chi connectivity index (χ0) is 25.1. The Morgan fingerprint density at radius 2 is 1.73 bits per heavy atom. The second-order valence-corrected chi connectivity index (χ2v) is 10.3. The molecule has 0 saturated carbocycles. The van der Waals surface area contributed by atoms with Crippen molar-refractivity contribution in [2.24, 2.45) is 4.99 Å². The normalized spacial score (nSPS) is 18.8. The minimum atomic E-state index is -0.302. The van der Waals surface area contributed by atoms with Crippen molar-refractivity contribution in [3.8, 4) is 5.75 Å². The van der Waals surface area contributed by atoms with Gasteiger partial charge in [0.25, 0.3) is 11.5 Å². The number of carbonyl (C=O) groups excluding carboxylic acids is 1. The van der Waals surface area contributed by atoms with Gasteiger partial charge in [-0.1, -0.05) is 65.9 Å². The van der Waals surface area contributed by atoms with Crippen LogP contribution in [0.3, 0.4) is 0 Å². The van der Waals surface area contributed by atoms with Crippen molar-refractivity contribution in [3.63, 3.8) is 0 Å². The van der Waals surface area contributed by atoms with Crippen molar-refractivity contribution in [1.82, 2.24) is 4.57 Å². The van der Waals surface area contributed by atoms with Crippen LogP contribution in [-0.4, -0.2) is 17.1 Å². The van der Waals surface area contributed by atoms with E-state index in [1.165, 1.54) is 16.9 Å². The number of carbonyl (C=O) groups is 1. The predicted octanol–water partition coefficient (Wildman–Crippen LogP) is 4.04. The lowest BCUT2D eigenvalue weighted by Crippen LogP contribution is -2.39. The first-order chi connectivity index (χ1) is 18.1. The zero-order valence-corrected chi connectivity index (χ0v) is 21.0. The molecule has 0 saturated heterocycles. The van der Waals surface area contributed by atoms with Gasteiger partial charge in [-0.25, -0.2) is 4.99 Å². The lowest BCUT2D eigenvalue weighted by Gasteiger charge is -2.30. The molecule has 1 atom stereocenters. The number of hydrogen-bond donors (Lipinski definition) is 1. The molecule has 1 unspecified atom stereocenters. The van der Waals surface area contributed by atoms with Gasteiger partial charge >= 0.3 is 0 Å². The summed E-state index contributed by atoms with van der Waals surface area (Å²) in [5.41, 5.74) is 7.17. The molecule has 0 radical (unpaired) electrons. The van der Waals surface area contributed by atoms with Crippen LogP contribution in [0.2, 0.25) is 0 Å². The average molecular weight is 506 g/mol. The Kier molecular flexibility index (Phi) is 5.01. The number of nitrogens with zero attached hydrogens (tertiary/aromatic N) is 2. The molecule has 1 aromatic heterocycles. The summed E-state index contributed by atoms with van der Waals surface area (Å²) in [6.07, 6.45) is 1.71. The lowest BCUT2D eigenvalue weighted by atomic mass is 9.83. The van der Waals surface area contributed by atoms with E-state index in [2.05, 4.69) is 23.5 Å². The molecule has 4 aromatic rings. The van der Waals surface area contributed by atoms with Gasteiger partial charge in [-0.2, -0.15) is 0 Å². The van der Waals surface area contributed by atoms with Crippen LogP contribution >= 0.6 is 11.3 Å². The smallest absolute Gasteiger partial charge is 0.271 e. The lowest BCUT2D eigenvalue weighted by molar-refractivity contribution is -0.110. The van der Waals surface area contributed by atoms with Crippen LogP contribution < -0.4 is 24.9 Å². The van der Waals surface area contributed by atoms with Gasteiger partial charge in [-0.3, -0.25) is 14.2 Å². The number of amides is 1. The molecule has 1 aliphatic carbocycles. The third-order valence-corrected chi connectivity index (χ3v) is 8.31. The number of para-hydroxylation sites is 1. The Bertz CT molecular complexity index is 1810. The van der Waals surface area contributed by atoms with E-state index in [4.69, 9.17) is 9.73 Å². The van der Waals surface area contributed by atoms with Gasteiger partial charge in [0.2, 0.25) is 0 Å². The van der Waals surface area contributed by atoms with Gasteiger partial charge in [0, 0.05) is 16.8 Å². The van der Waals surface area contributed by atoms with Crippen LogP contribution in [0, 0.1) is 0 Å². The number of benzene rings is 3. The van der Waals surface area contributed by atoms with E-state index < -0.39 is 0 Å². The Hall–Kier alpha value is -4.23. The first-order valence-corrected chi connectivity index (χ1v) is 13.2. The molecule has 2 aliphatic heterocycles. The molecule has 182 valence electrons. The Morgan fingerprint density at radius 3 is 2.54 bits per heavy atom. The molecule has 7 rings (SSSR count). The van der Waals surface area contributed by atoms with Crippen LogP contribution in [0.4, 0.5) is 5.69 Å². The summed E-state index contributed by atoms with van der Waals surface area (Å²) in [6.45, 7) is 2.55. The van der Waals surface area contributed by atoms with E-state index in [-0.39, 0.29) is 17.5 Å². The molecule has 0 bridgehead atoms. The van der Waals surface area contributed by atoms with Crippen molar-refractivity contribution >= 4 is 34.2 Å². The van der Waals surface area contributed by atoms with Crippen LogP contribution in [-0.2, 0) is 11.2 Å². The van der Waals surface area contributed by atoms with Crippen molar-refractivity contribution < 1.29 is 9.53 Å². The summed E-state index contributed by atoms with van der Waals surface area (Å²) in [7, 11) is 0. The third-order valence-electron chi connectivity index (χ3n) is 7.25. The summed E-state index contributed by atoms with van der Waals surface area (Å²) in [5, 5.41) is 2.91. The highest BCUT2D eigenvalue weighted by molar-refractivity contribution is 7.07. The Labute approximate surface area is 216 Å². The summed E-state index contributed by atoms with van der Waals surface area (Å²) >= 11 is 1.29. The molecule has 3 heterocycles. The quantitative estimate of drug-likeness (QED) is 0.457. The number of aromatic nitrogens is 1. The van der Waals surface area contributed by atoms with Crippen LogP contribution in [0.25, 0.3) is 11.3 Å². The van der Waals surface area contributed by atoms with Gasteiger partial charge in [0.1, 0.15) is 10.3 Å². The van der Waals surface area contributed by atoms with E-state index in [1.807, 2.05) is 61.5 Å². The van der Waals surface area contributed by atoms with Gasteiger partial charge < -0.3 is 10.1 Å². The van der Waals surface area contributed by atoms with E-state index >= 15 is 0 Å². The summed E-state index contributed by atoms with van der Waals surface area (Å²) in [4.78, 5) is 32.8. The van der Waals surface area contributed by atoms with Gasteiger partial charge in [-0.15, -0.1) is 0 Å². The number of hydrogen-bond acceptors (Lipinski definition) is 5. The highest BCUT2D eigenvalue weighted by Crippen LogP contribution is 2.41. The van der Waals surface area contributed by atoms with Crippen molar-refractivity contribution in [3.05, 3.63) is 120 Å². The molecule has 3 aromatic carbocycles. The molecule has 37 heavy (non-hydrogen) atoms. The summed E-state index contributed by atoms with van der Waals surface area (Å²) in [5.74, 6) is 0.543. The second-order valence-electron chi connectivity index (χ2n) is 9.31. The largest absolute Gasteiger partial charge is 0.494 e. The summed E-state index contributed by atoms with van der Waals surface area (Å²) < 4.78 is 7.87. The molecule has 1 amide bonds. The van der Waals surface area contributed by atoms with Crippen molar-refractivity contribution in [2.75, 3.05) is 11.9 Å². The molecule has 6 nitrogen and oxygen atoms in total. The fraction of sp³-hybridized carbons (Fsp3) is 0.167. The molecular formula is C30H23N3O3S. The van der Waals surface area contributed by atoms with E-state index in [9.17, 15) is 9.59 Å². The number of anilines is 1. The van der Waals surface area contributed by atoms with Crippen molar-refractivity contribution in [2.45, 2.75) is 25.8 Å². The number of ether oxygens (including phenoxy) is 1. The van der Waals surface area contributed by atoms with Crippen molar-refractivity contribution in [1.29, 1.82) is 0 Å². The fourth-order valence-corrected chi connectivity index (χ4v) is 6.72. The first kappa shape index (κ1) is 22.0. The van der Waals surface area contributed by atoms with Gasteiger partial charge in [0.15, 0.2) is 4.80 Å². The standard InChI is InChI=1S/C30H23N3O3S/c1-2-36-19-14-11-18(12-15-19)26-22-16-13-17-7-3-4-8-20(17)25(22)32-30-33(26)29(35)27(37-30)24-21-9-5-6-10-23(21)31-28(24)34/h3-12,14-15,26H,2,13,16H2,1H3,(H,31,34)/b27-24-. The number of fused-ring (bicyclic) bond motifs is 4. The number of rotatable bonds is 3. The topological polar surface area (TPSA) is 72.7 Å². The van der Waals surface area contributed by atoms with E-state index in [1.54, 1.807) is 4.57 Å². The van der Waals surface area contributed by atoms with Gasteiger partial charge in [0.05, 0.1) is 23.9 Å². The minimum absolute atomic E-state index is 0.185. The molecular weight excluding hydrogens is 482 g/mol. The Morgan fingerprint density at radius 1 is 0.973 bits per heavy atom. The highest BCUT2D eigenvalue weighted by Gasteiger charge is 2.34. The SMILES string of the molecule is CCOc1ccc(C2C3=C(N=c4s/c(=C5\C(=O)Nc6ccccc65)c(=O)n42)c2ccccc2CC3)cc1. The summed E-state index contributed by atoms with van der Waals surface area (Å²) in [6, 6.07) is 23.5. The molecule has 1 N–H and O–H groups in total. The Balaban J connectivity index is 1.52. The van der Waals surface area contributed by atoms with E-state index in [0.29, 0.717) is 21.5 Å². The van der Waals surface area contributed by atoms with Gasteiger partial charge in [-0.05, 0) is 54.7 Å². The third kappa shape index (κ3) is 3.34. The molecule has 0 fully saturated rings. The highest BCUT2D eigenvalue weighted by atomic mass is 32.1. The van der Waals surface area contributed by atoms with Crippen LogP contribution in [0.5, 0.6) is 5.75 Å². The monoisotopic (exact) mass is 505 g/mol. The number of aryl methyl sites for hydroxylation is 1. The average Bonchev–Trinajstić information content (AvgIpc) is 3.43. The zero-order valence-electron chi connectivity index (χ0n) is 20.2.